The minimum Gasteiger partial charge on any atom is -0.322 e. The minimum absolute atomic E-state index is 0.108. The second-order valence-electron chi connectivity index (χ2n) is 6.02. The van der Waals surface area contributed by atoms with Gasteiger partial charge in [-0.1, -0.05) is 41.9 Å². The highest BCUT2D eigenvalue weighted by atomic mass is 35.5. The molecule has 0 atom stereocenters. The highest BCUT2D eigenvalue weighted by molar-refractivity contribution is 6.30. The van der Waals surface area contributed by atoms with E-state index in [0.717, 1.165) is 10.8 Å². The molecule has 1 N–H and O–H groups in total. The lowest BCUT2D eigenvalue weighted by molar-refractivity contribution is -0.138. The predicted octanol–water partition coefficient (Wildman–Crippen LogP) is 4.82. The van der Waals surface area contributed by atoms with Crippen molar-refractivity contribution in [2.24, 2.45) is 0 Å². The average Bonchev–Trinajstić information content (AvgIpc) is 2.66. The molecule has 28 heavy (non-hydrogen) atoms. The Morgan fingerprint density at radius 2 is 1.68 bits per heavy atom. The van der Waals surface area contributed by atoms with Gasteiger partial charge in [-0.25, -0.2) is 0 Å². The van der Waals surface area contributed by atoms with Crippen LogP contribution in [0.15, 0.2) is 71.7 Å². The summed E-state index contributed by atoms with van der Waals surface area (Å²) in [7, 11) is 0. The van der Waals surface area contributed by atoms with Crippen molar-refractivity contribution >= 4 is 23.2 Å². The molecule has 4 nitrogen and oxygen atoms in total. The summed E-state index contributed by atoms with van der Waals surface area (Å²) in [5.74, 6) is -0.322. The summed E-state index contributed by atoms with van der Waals surface area (Å²) in [6.45, 7) is -0.108. The lowest BCUT2D eigenvalue weighted by Crippen LogP contribution is -2.23. The van der Waals surface area contributed by atoms with Gasteiger partial charge in [0.25, 0.3) is 11.5 Å². The fraction of sp³-hybridized carbons (Fsp3) is 0.100. The van der Waals surface area contributed by atoms with Crippen LogP contribution in [-0.4, -0.2) is 10.5 Å². The number of para-hydroxylation sites is 1. The number of carbonyl (C=O) groups excluding carboxylic acids is 1. The van der Waals surface area contributed by atoms with Crippen molar-refractivity contribution in [1.29, 1.82) is 0 Å². The zero-order valence-electron chi connectivity index (χ0n) is 14.3. The Hall–Kier alpha value is -3.06. The van der Waals surface area contributed by atoms with Crippen LogP contribution in [0.1, 0.15) is 21.5 Å². The van der Waals surface area contributed by atoms with Crippen molar-refractivity contribution in [2.45, 2.75) is 12.7 Å². The molecule has 0 aliphatic rings. The standard InChI is InChI=1S/C20H14ClF3N2O2/c21-17-10-15(20(22,23)24)12-26(19(17)28)11-13-6-8-14(9-7-13)18(27)25-16-4-2-1-3-5-16/h1-10,12H,11H2,(H,25,27). The Labute approximate surface area is 163 Å². The summed E-state index contributed by atoms with van der Waals surface area (Å²) in [4.78, 5) is 24.3. The number of hydrogen-bond acceptors (Lipinski definition) is 2. The Morgan fingerprint density at radius 3 is 2.29 bits per heavy atom. The Balaban J connectivity index is 1.79. The highest BCUT2D eigenvalue weighted by Gasteiger charge is 2.32. The van der Waals surface area contributed by atoms with E-state index in [4.69, 9.17) is 11.6 Å². The highest BCUT2D eigenvalue weighted by Crippen LogP contribution is 2.29. The van der Waals surface area contributed by atoms with Gasteiger partial charge in [0.05, 0.1) is 12.1 Å². The maximum atomic E-state index is 12.9. The van der Waals surface area contributed by atoms with E-state index in [1.165, 1.54) is 12.1 Å². The maximum Gasteiger partial charge on any atom is 0.417 e. The van der Waals surface area contributed by atoms with Crippen LogP contribution in [0.5, 0.6) is 0 Å². The van der Waals surface area contributed by atoms with Crippen LogP contribution in [-0.2, 0) is 12.7 Å². The molecule has 0 unspecified atom stereocenters. The Morgan fingerprint density at radius 1 is 1.04 bits per heavy atom. The molecule has 1 heterocycles. The Bertz CT molecular complexity index is 1050. The largest absolute Gasteiger partial charge is 0.417 e. The number of amides is 1. The van der Waals surface area contributed by atoms with E-state index in [1.807, 2.05) is 6.07 Å². The number of hydrogen-bond donors (Lipinski definition) is 1. The third kappa shape index (κ3) is 4.61. The molecule has 0 aliphatic carbocycles. The third-order valence-electron chi connectivity index (χ3n) is 3.97. The van der Waals surface area contributed by atoms with Crippen LogP contribution in [0.3, 0.4) is 0 Å². The predicted molar refractivity (Wildman–Crippen MR) is 101 cm³/mol. The first-order valence-corrected chi connectivity index (χ1v) is 8.54. The van der Waals surface area contributed by atoms with E-state index in [-0.39, 0.29) is 12.5 Å². The van der Waals surface area contributed by atoms with Gasteiger partial charge in [-0.3, -0.25) is 9.59 Å². The molecule has 3 aromatic rings. The van der Waals surface area contributed by atoms with Crippen molar-refractivity contribution in [3.8, 4) is 0 Å². The molecule has 1 aromatic heterocycles. The monoisotopic (exact) mass is 406 g/mol. The van der Waals surface area contributed by atoms with Crippen LogP contribution in [0, 0.1) is 0 Å². The van der Waals surface area contributed by atoms with Crippen LogP contribution >= 0.6 is 11.6 Å². The topological polar surface area (TPSA) is 51.1 Å². The molecular formula is C20H14ClF3N2O2. The van der Waals surface area contributed by atoms with Gasteiger partial charge in [-0.2, -0.15) is 13.2 Å². The van der Waals surface area contributed by atoms with E-state index in [2.05, 4.69) is 5.32 Å². The molecule has 0 saturated carbocycles. The molecule has 0 saturated heterocycles. The second-order valence-corrected chi connectivity index (χ2v) is 6.43. The first kappa shape index (κ1) is 19.7. The normalized spacial score (nSPS) is 11.3. The van der Waals surface area contributed by atoms with E-state index >= 15 is 0 Å². The summed E-state index contributed by atoms with van der Waals surface area (Å²) in [5, 5.41) is 2.23. The number of halogens is 4. The number of benzene rings is 2. The zero-order chi connectivity index (χ0) is 20.3. The van der Waals surface area contributed by atoms with Crippen LogP contribution < -0.4 is 10.9 Å². The molecule has 0 fully saturated rings. The maximum absolute atomic E-state index is 12.9. The van der Waals surface area contributed by atoms with Gasteiger partial charge < -0.3 is 9.88 Å². The van der Waals surface area contributed by atoms with E-state index < -0.39 is 22.3 Å². The number of nitrogens with zero attached hydrogens (tertiary/aromatic N) is 1. The fourth-order valence-corrected chi connectivity index (χ4v) is 2.78. The number of pyridine rings is 1. The van der Waals surface area contributed by atoms with E-state index in [9.17, 15) is 22.8 Å². The number of anilines is 1. The van der Waals surface area contributed by atoms with Crippen molar-refractivity contribution in [3.05, 3.63) is 98.9 Å². The SMILES string of the molecule is O=C(Nc1ccccc1)c1ccc(Cn2cc(C(F)(F)F)cc(Cl)c2=O)cc1. The van der Waals surface area contributed by atoms with Gasteiger partial charge in [0.2, 0.25) is 0 Å². The van der Waals surface area contributed by atoms with Gasteiger partial charge in [0.15, 0.2) is 0 Å². The van der Waals surface area contributed by atoms with Crippen LogP contribution in [0.2, 0.25) is 5.02 Å². The lowest BCUT2D eigenvalue weighted by atomic mass is 10.1. The quantitative estimate of drug-likeness (QED) is 0.675. The van der Waals surface area contributed by atoms with Crippen molar-refractivity contribution in [1.82, 2.24) is 4.57 Å². The van der Waals surface area contributed by atoms with Gasteiger partial charge in [0.1, 0.15) is 5.02 Å². The Kier molecular flexibility index (Phi) is 5.56. The van der Waals surface area contributed by atoms with Gasteiger partial charge >= 0.3 is 6.18 Å². The number of carbonyl (C=O) groups is 1. The molecule has 0 bridgehead atoms. The minimum atomic E-state index is -4.61. The first-order valence-electron chi connectivity index (χ1n) is 8.16. The summed E-state index contributed by atoms with van der Waals surface area (Å²) >= 11 is 5.65. The molecule has 0 aliphatic heterocycles. The average molecular weight is 407 g/mol. The number of nitrogens with one attached hydrogen (secondary N) is 1. The van der Waals surface area contributed by atoms with E-state index in [0.29, 0.717) is 22.9 Å². The third-order valence-corrected chi connectivity index (χ3v) is 4.24. The number of alkyl halides is 3. The number of aromatic nitrogens is 1. The number of rotatable bonds is 4. The van der Waals surface area contributed by atoms with Crippen LogP contribution in [0.4, 0.5) is 18.9 Å². The molecule has 0 spiro atoms. The summed E-state index contributed by atoms with van der Waals surface area (Å²) in [5.41, 5.74) is -0.158. The lowest BCUT2D eigenvalue weighted by Gasteiger charge is -2.12. The summed E-state index contributed by atoms with van der Waals surface area (Å²) < 4.78 is 39.7. The second kappa shape index (κ2) is 7.90. The van der Waals surface area contributed by atoms with Crippen LogP contribution in [0.25, 0.3) is 0 Å². The van der Waals surface area contributed by atoms with Crippen molar-refractivity contribution in [2.75, 3.05) is 5.32 Å². The van der Waals surface area contributed by atoms with Gasteiger partial charge in [0, 0.05) is 17.4 Å². The summed E-state index contributed by atoms with van der Waals surface area (Å²) in [6, 6.07) is 15.7. The molecule has 0 radical (unpaired) electrons. The molecule has 3 rings (SSSR count). The smallest absolute Gasteiger partial charge is 0.322 e. The molecule has 144 valence electrons. The van der Waals surface area contributed by atoms with Gasteiger partial charge in [-0.15, -0.1) is 0 Å². The van der Waals surface area contributed by atoms with Crippen molar-refractivity contribution < 1.29 is 18.0 Å². The van der Waals surface area contributed by atoms with Gasteiger partial charge in [-0.05, 0) is 35.9 Å². The van der Waals surface area contributed by atoms with Crippen molar-refractivity contribution in [3.63, 3.8) is 0 Å². The molecule has 1 amide bonds. The zero-order valence-corrected chi connectivity index (χ0v) is 15.1. The van der Waals surface area contributed by atoms with E-state index in [1.54, 1.807) is 36.4 Å². The molecular weight excluding hydrogens is 393 g/mol. The fourth-order valence-electron chi connectivity index (χ4n) is 2.55. The first-order chi connectivity index (χ1) is 13.2. The molecule has 8 heteroatoms. The summed E-state index contributed by atoms with van der Waals surface area (Å²) in [6.07, 6.45) is -3.89. The molecule has 2 aromatic carbocycles.